The molecule has 0 aliphatic carbocycles. The van der Waals surface area contributed by atoms with Crippen LogP contribution in [0.2, 0.25) is 0 Å². The van der Waals surface area contributed by atoms with Gasteiger partial charge in [0.2, 0.25) is 0 Å². The molecule has 0 saturated carbocycles. The van der Waals surface area contributed by atoms with Crippen LogP contribution in [0.1, 0.15) is 6.92 Å². The van der Waals surface area contributed by atoms with Crippen LogP contribution in [0.3, 0.4) is 0 Å². The summed E-state index contributed by atoms with van der Waals surface area (Å²) in [6.45, 7) is 4.58. The Hall–Kier alpha value is -0.160. The predicted molar refractivity (Wildman–Crippen MR) is 44.3 cm³/mol. The van der Waals surface area contributed by atoms with E-state index in [-0.39, 0.29) is 6.04 Å². The van der Waals surface area contributed by atoms with Gasteiger partial charge in [-0.25, -0.2) is 0 Å². The highest BCUT2D eigenvalue weighted by molar-refractivity contribution is 4.47. The number of hydrogen-bond acceptors (Lipinski definition) is 4. The van der Waals surface area contributed by atoms with E-state index < -0.39 is 0 Å². The number of nitrogens with one attached hydrogen (secondary N) is 1. The third-order valence-corrected chi connectivity index (χ3v) is 1.07. The molecule has 0 radical (unpaired) electrons. The minimum atomic E-state index is 0.110. The van der Waals surface area contributed by atoms with Crippen molar-refractivity contribution in [3.8, 4) is 0 Å². The summed E-state index contributed by atoms with van der Waals surface area (Å²) in [7, 11) is 1.67. The molecule has 1 atom stereocenters. The Balaban J connectivity index is 2.80. The molecule has 0 heterocycles. The second-order valence-electron chi connectivity index (χ2n) is 2.49. The second-order valence-corrected chi connectivity index (χ2v) is 2.49. The van der Waals surface area contributed by atoms with E-state index in [1.165, 1.54) is 0 Å². The summed E-state index contributed by atoms with van der Waals surface area (Å²) in [4.78, 5) is 0. The van der Waals surface area contributed by atoms with Crippen LogP contribution in [0.4, 0.5) is 0 Å². The van der Waals surface area contributed by atoms with E-state index in [1.54, 1.807) is 7.11 Å². The molecule has 0 rings (SSSR count). The summed E-state index contributed by atoms with van der Waals surface area (Å²) in [5.41, 5.74) is 5.46. The van der Waals surface area contributed by atoms with Gasteiger partial charge in [0.15, 0.2) is 0 Å². The van der Waals surface area contributed by atoms with Gasteiger partial charge in [-0.3, -0.25) is 5.32 Å². The highest BCUT2D eigenvalue weighted by atomic mass is 16.5. The summed E-state index contributed by atoms with van der Waals surface area (Å²) >= 11 is 0. The number of rotatable bonds is 7. The first-order valence-electron chi connectivity index (χ1n) is 3.80. The zero-order valence-corrected chi connectivity index (χ0v) is 7.30. The van der Waals surface area contributed by atoms with Crippen molar-refractivity contribution in [2.24, 2.45) is 5.73 Å². The summed E-state index contributed by atoms with van der Waals surface area (Å²) in [6.07, 6.45) is 0. The zero-order valence-electron chi connectivity index (χ0n) is 7.30. The largest absolute Gasteiger partial charge is 0.383 e. The van der Waals surface area contributed by atoms with E-state index in [0.29, 0.717) is 19.9 Å². The summed E-state index contributed by atoms with van der Waals surface area (Å²) < 4.78 is 9.98. The standard InChI is InChI=1S/C7H18N2O2/c1-7(8)5-11-6-9-3-4-10-2/h7,9H,3-6,8H2,1-2H3. The lowest BCUT2D eigenvalue weighted by atomic mass is 10.4. The number of ether oxygens (including phenoxy) is 2. The first-order chi connectivity index (χ1) is 5.27. The zero-order chi connectivity index (χ0) is 8.53. The van der Waals surface area contributed by atoms with E-state index in [9.17, 15) is 0 Å². The minimum Gasteiger partial charge on any atom is -0.383 e. The van der Waals surface area contributed by atoms with Crippen molar-refractivity contribution in [2.45, 2.75) is 13.0 Å². The molecule has 0 fully saturated rings. The quantitative estimate of drug-likeness (QED) is 0.393. The SMILES string of the molecule is COCCNCOCC(C)N. The molecule has 0 aromatic rings. The molecule has 0 aromatic heterocycles. The van der Waals surface area contributed by atoms with Crippen molar-refractivity contribution in [3.63, 3.8) is 0 Å². The van der Waals surface area contributed by atoms with Gasteiger partial charge in [0.25, 0.3) is 0 Å². The molecule has 3 N–H and O–H groups in total. The van der Waals surface area contributed by atoms with Gasteiger partial charge < -0.3 is 15.2 Å². The minimum absolute atomic E-state index is 0.110. The van der Waals surface area contributed by atoms with E-state index in [0.717, 1.165) is 6.54 Å². The van der Waals surface area contributed by atoms with Gasteiger partial charge in [-0.05, 0) is 6.92 Å². The highest BCUT2D eigenvalue weighted by Crippen LogP contribution is 1.76. The maximum Gasteiger partial charge on any atom is 0.0966 e. The molecule has 0 aliphatic rings. The average Bonchev–Trinajstić information content (AvgIpc) is 1.96. The van der Waals surface area contributed by atoms with E-state index >= 15 is 0 Å². The molecule has 0 amide bonds. The lowest BCUT2D eigenvalue weighted by molar-refractivity contribution is 0.0996. The van der Waals surface area contributed by atoms with Gasteiger partial charge in [-0.1, -0.05) is 0 Å². The number of methoxy groups -OCH3 is 1. The van der Waals surface area contributed by atoms with Crippen LogP contribution in [0.15, 0.2) is 0 Å². The first-order valence-corrected chi connectivity index (χ1v) is 3.80. The van der Waals surface area contributed by atoms with Crippen LogP contribution < -0.4 is 11.1 Å². The molecular formula is C7H18N2O2. The smallest absolute Gasteiger partial charge is 0.0966 e. The van der Waals surface area contributed by atoms with Crippen LogP contribution in [-0.2, 0) is 9.47 Å². The van der Waals surface area contributed by atoms with Gasteiger partial charge in [0.05, 0.1) is 19.9 Å². The van der Waals surface area contributed by atoms with Crippen molar-refractivity contribution >= 4 is 0 Å². The molecule has 0 spiro atoms. The van der Waals surface area contributed by atoms with Crippen LogP contribution >= 0.6 is 0 Å². The van der Waals surface area contributed by atoms with Crippen molar-refractivity contribution in [1.82, 2.24) is 5.32 Å². The Morgan fingerprint density at radius 2 is 2.27 bits per heavy atom. The van der Waals surface area contributed by atoms with E-state index in [2.05, 4.69) is 5.32 Å². The van der Waals surface area contributed by atoms with Gasteiger partial charge >= 0.3 is 0 Å². The maximum absolute atomic E-state index is 5.46. The highest BCUT2D eigenvalue weighted by Gasteiger charge is 1.91. The Labute approximate surface area is 68.0 Å². The third kappa shape index (κ3) is 9.84. The summed E-state index contributed by atoms with van der Waals surface area (Å²) in [6, 6.07) is 0.110. The molecule has 0 aliphatic heterocycles. The topological polar surface area (TPSA) is 56.5 Å². The average molecular weight is 162 g/mol. The predicted octanol–water partition coefficient (Wildman–Crippen LogP) is -0.456. The molecule has 4 nitrogen and oxygen atoms in total. The second kappa shape index (κ2) is 7.94. The van der Waals surface area contributed by atoms with Crippen molar-refractivity contribution in [2.75, 3.05) is 33.6 Å². The fourth-order valence-electron chi connectivity index (χ4n) is 0.563. The van der Waals surface area contributed by atoms with Gasteiger partial charge in [-0.2, -0.15) is 0 Å². The van der Waals surface area contributed by atoms with Crippen LogP contribution in [0.5, 0.6) is 0 Å². The molecule has 68 valence electrons. The molecule has 0 bridgehead atoms. The lowest BCUT2D eigenvalue weighted by Gasteiger charge is -2.07. The van der Waals surface area contributed by atoms with Crippen molar-refractivity contribution in [3.05, 3.63) is 0 Å². The Morgan fingerprint density at radius 3 is 2.82 bits per heavy atom. The summed E-state index contributed by atoms with van der Waals surface area (Å²) in [5.74, 6) is 0. The van der Waals surface area contributed by atoms with Gasteiger partial charge in [-0.15, -0.1) is 0 Å². The molecule has 11 heavy (non-hydrogen) atoms. The molecule has 1 unspecified atom stereocenters. The Morgan fingerprint density at radius 1 is 1.55 bits per heavy atom. The van der Waals surface area contributed by atoms with Gasteiger partial charge in [0.1, 0.15) is 0 Å². The fraction of sp³-hybridized carbons (Fsp3) is 1.00. The molecule has 4 heteroatoms. The summed E-state index contributed by atoms with van der Waals surface area (Å²) in [5, 5.41) is 3.04. The van der Waals surface area contributed by atoms with Crippen LogP contribution in [0.25, 0.3) is 0 Å². The maximum atomic E-state index is 5.46. The van der Waals surface area contributed by atoms with Crippen molar-refractivity contribution < 1.29 is 9.47 Å². The number of hydrogen-bond donors (Lipinski definition) is 2. The lowest BCUT2D eigenvalue weighted by Crippen LogP contribution is -2.27. The van der Waals surface area contributed by atoms with Crippen molar-refractivity contribution in [1.29, 1.82) is 0 Å². The van der Waals surface area contributed by atoms with Crippen LogP contribution in [0, 0.1) is 0 Å². The number of nitrogens with two attached hydrogens (primary N) is 1. The van der Waals surface area contributed by atoms with E-state index in [4.69, 9.17) is 15.2 Å². The molecule has 0 saturated heterocycles. The molecular weight excluding hydrogens is 144 g/mol. The molecule has 0 aromatic carbocycles. The van der Waals surface area contributed by atoms with Crippen LogP contribution in [-0.4, -0.2) is 39.6 Å². The monoisotopic (exact) mass is 162 g/mol. The fourth-order valence-corrected chi connectivity index (χ4v) is 0.563. The first kappa shape index (κ1) is 10.8. The van der Waals surface area contributed by atoms with E-state index in [1.807, 2.05) is 6.92 Å². The third-order valence-electron chi connectivity index (χ3n) is 1.07. The Bertz CT molecular complexity index is 78.8. The van der Waals surface area contributed by atoms with Gasteiger partial charge in [0, 0.05) is 19.7 Å². The Kier molecular flexibility index (Phi) is 7.83. The normalized spacial score (nSPS) is 13.4.